The first-order chi connectivity index (χ1) is 12.8. The Labute approximate surface area is 164 Å². The zero-order valence-electron chi connectivity index (χ0n) is 15.5. The van der Waals surface area contributed by atoms with Gasteiger partial charge in [0.05, 0.1) is 18.6 Å². The highest BCUT2D eigenvalue weighted by molar-refractivity contribution is 6.30. The zero-order valence-corrected chi connectivity index (χ0v) is 16.3. The maximum absolute atomic E-state index is 14.0. The molecule has 0 heterocycles. The van der Waals surface area contributed by atoms with Crippen LogP contribution in [0.4, 0.5) is 4.39 Å². The van der Waals surface area contributed by atoms with Crippen LogP contribution in [-0.4, -0.2) is 30.3 Å². The summed E-state index contributed by atoms with van der Waals surface area (Å²) in [5.41, 5.74) is 7.29. The average molecular weight is 394 g/mol. The minimum Gasteiger partial charge on any atom is -0.466 e. The molecule has 0 amide bonds. The van der Waals surface area contributed by atoms with Crippen molar-refractivity contribution in [3.63, 3.8) is 0 Å². The van der Waals surface area contributed by atoms with E-state index in [1.807, 2.05) is 24.3 Å². The van der Waals surface area contributed by atoms with Crippen molar-refractivity contribution < 1.29 is 19.0 Å². The average Bonchev–Trinajstić information content (AvgIpc) is 2.64. The Morgan fingerprint density at radius 2 is 1.96 bits per heavy atom. The van der Waals surface area contributed by atoms with Gasteiger partial charge in [-0.3, -0.25) is 4.79 Å². The van der Waals surface area contributed by atoms with E-state index in [2.05, 4.69) is 0 Å². The van der Waals surface area contributed by atoms with Crippen molar-refractivity contribution in [3.8, 4) is 11.1 Å². The fraction of sp³-hybridized carbons (Fsp3) is 0.381. The van der Waals surface area contributed by atoms with Crippen LogP contribution in [0.3, 0.4) is 0 Å². The van der Waals surface area contributed by atoms with E-state index in [9.17, 15) is 14.3 Å². The molecule has 3 N–H and O–H groups in total. The summed E-state index contributed by atoms with van der Waals surface area (Å²) in [4.78, 5) is 12.1. The molecule has 0 bridgehead atoms. The van der Waals surface area contributed by atoms with Crippen LogP contribution < -0.4 is 5.73 Å². The molecule has 0 radical (unpaired) electrons. The molecule has 0 aliphatic rings. The van der Waals surface area contributed by atoms with E-state index in [1.54, 1.807) is 19.9 Å². The summed E-state index contributed by atoms with van der Waals surface area (Å²) in [6.07, 6.45) is 0.820. The van der Waals surface area contributed by atoms with Crippen LogP contribution in [0.15, 0.2) is 42.5 Å². The summed E-state index contributed by atoms with van der Waals surface area (Å²) in [5.74, 6) is -0.785. The van der Waals surface area contributed by atoms with Crippen molar-refractivity contribution in [1.29, 1.82) is 0 Å². The molecule has 0 saturated carbocycles. The van der Waals surface area contributed by atoms with Crippen molar-refractivity contribution in [1.82, 2.24) is 0 Å². The van der Waals surface area contributed by atoms with Gasteiger partial charge in [0, 0.05) is 16.6 Å². The van der Waals surface area contributed by atoms with Crippen LogP contribution in [-0.2, 0) is 16.0 Å². The lowest BCUT2D eigenvalue weighted by Crippen LogP contribution is -2.40. The maximum atomic E-state index is 14.0. The van der Waals surface area contributed by atoms with Crippen LogP contribution in [0.2, 0.25) is 5.02 Å². The largest absolute Gasteiger partial charge is 0.466 e. The van der Waals surface area contributed by atoms with Gasteiger partial charge < -0.3 is 15.6 Å². The van der Waals surface area contributed by atoms with Gasteiger partial charge in [0.25, 0.3) is 0 Å². The lowest BCUT2D eigenvalue weighted by atomic mass is 9.83. The summed E-state index contributed by atoms with van der Waals surface area (Å²) in [6, 6.07) is 11.5. The number of aliphatic hydroxyl groups is 1. The highest BCUT2D eigenvalue weighted by Gasteiger charge is 2.35. The predicted octanol–water partition coefficient (Wildman–Crippen LogP) is 3.97. The molecule has 2 atom stereocenters. The molecule has 6 heteroatoms. The molecule has 27 heavy (non-hydrogen) atoms. The molecule has 2 aromatic rings. The Morgan fingerprint density at radius 3 is 2.56 bits per heavy atom. The first kappa shape index (κ1) is 21.4. The second-order valence-corrected chi connectivity index (χ2v) is 7.37. The molecule has 0 aromatic heterocycles. The third-order valence-electron chi connectivity index (χ3n) is 4.52. The van der Waals surface area contributed by atoms with Gasteiger partial charge in [-0.05, 0) is 56.0 Å². The number of carbonyl (C=O) groups is 1. The monoisotopic (exact) mass is 393 g/mol. The molecule has 146 valence electrons. The normalized spacial score (nSPS) is 14.4. The Morgan fingerprint density at radius 1 is 1.30 bits per heavy atom. The molecule has 0 aliphatic heterocycles. The lowest BCUT2D eigenvalue weighted by Gasteiger charge is -2.27. The van der Waals surface area contributed by atoms with Gasteiger partial charge in [0.2, 0.25) is 0 Å². The van der Waals surface area contributed by atoms with E-state index >= 15 is 0 Å². The molecule has 0 fully saturated rings. The molecular weight excluding hydrogens is 369 g/mol. The van der Waals surface area contributed by atoms with Gasteiger partial charge >= 0.3 is 5.97 Å². The Kier molecular flexibility index (Phi) is 7.36. The maximum Gasteiger partial charge on any atom is 0.314 e. The molecule has 2 rings (SSSR count). The minimum absolute atomic E-state index is 0.255. The SMILES string of the molecule is CCOC(=O)C(C)(CO)C[C@H](N)Cc1ccc(-c2cc(Cl)ccc2F)cc1. The zero-order chi connectivity index (χ0) is 20.0. The number of benzene rings is 2. The molecule has 1 unspecified atom stereocenters. The van der Waals surface area contributed by atoms with Crippen molar-refractivity contribution in [3.05, 3.63) is 58.9 Å². The predicted molar refractivity (Wildman–Crippen MR) is 105 cm³/mol. The molecule has 0 saturated heterocycles. The quantitative estimate of drug-likeness (QED) is 0.665. The van der Waals surface area contributed by atoms with Crippen LogP contribution in [0.25, 0.3) is 11.1 Å². The van der Waals surface area contributed by atoms with Crippen LogP contribution in [0, 0.1) is 11.2 Å². The Bertz CT molecular complexity index is 781. The number of hydrogen-bond donors (Lipinski definition) is 2. The molecule has 0 aliphatic carbocycles. The minimum atomic E-state index is -1.03. The first-order valence-corrected chi connectivity index (χ1v) is 9.25. The fourth-order valence-corrected chi connectivity index (χ4v) is 3.18. The van der Waals surface area contributed by atoms with Gasteiger partial charge in [-0.15, -0.1) is 0 Å². The summed E-state index contributed by atoms with van der Waals surface area (Å²) in [6.45, 7) is 3.30. The number of esters is 1. The number of ether oxygens (including phenoxy) is 1. The van der Waals surface area contributed by atoms with Crippen molar-refractivity contribution in [2.45, 2.75) is 32.7 Å². The Balaban J connectivity index is 2.07. The van der Waals surface area contributed by atoms with Crippen molar-refractivity contribution >= 4 is 17.6 Å². The summed E-state index contributed by atoms with van der Waals surface area (Å²) in [7, 11) is 0. The van der Waals surface area contributed by atoms with E-state index in [0.29, 0.717) is 23.4 Å². The van der Waals surface area contributed by atoms with E-state index in [-0.39, 0.29) is 25.1 Å². The van der Waals surface area contributed by atoms with Crippen LogP contribution in [0.5, 0.6) is 0 Å². The number of aliphatic hydroxyl groups excluding tert-OH is 1. The fourth-order valence-electron chi connectivity index (χ4n) is 3.01. The number of rotatable bonds is 8. The highest BCUT2D eigenvalue weighted by atomic mass is 35.5. The van der Waals surface area contributed by atoms with Crippen molar-refractivity contribution in [2.24, 2.45) is 11.1 Å². The molecular formula is C21H25ClFNO3. The topological polar surface area (TPSA) is 72.5 Å². The number of carbonyl (C=O) groups excluding carboxylic acids is 1. The van der Waals surface area contributed by atoms with Crippen LogP contribution in [0.1, 0.15) is 25.8 Å². The van der Waals surface area contributed by atoms with E-state index in [1.165, 1.54) is 12.1 Å². The number of hydrogen-bond acceptors (Lipinski definition) is 4. The van der Waals surface area contributed by atoms with Crippen molar-refractivity contribution in [2.75, 3.05) is 13.2 Å². The van der Waals surface area contributed by atoms with Gasteiger partial charge in [0.1, 0.15) is 5.82 Å². The van der Waals surface area contributed by atoms with Gasteiger partial charge in [-0.2, -0.15) is 0 Å². The van der Waals surface area contributed by atoms with Gasteiger partial charge in [-0.1, -0.05) is 35.9 Å². The standard InChI is InChI=1S/C21H25ClFNO3/c1-3-27-20(26)21(2,13-25)12-17(24)10-14-4-6-15(7-5-14)18-11-16(22)8-9-19(18)23/h4-9,11,17,25H,3,10,12-13,24H2,1-2H3/t17-,21?/m1/s1. The smallest absolute Gasteiger partial charge is 0.314 e. The number of nitrogens with two attached hydrogens (primary N) is 1. The third kappa shape index (κ3) is 5.51. The summed E-state index contributed by atoms with van der Waals surface area (Å²) < 4.78 is 19.0. The van der Waals surface area contributed by atoms with E-state index < -0.39 is 11.4 Å². The highest BCUT2D eigenvalue weighted by Crippen LogP contribution is 2.28. The second kappa shape index (κ2) is 9.31. The molecule has 2 aromatic carbocycles. The van der Waals surface area contributed by atoms with Crippen LogP contribution >= 0.6 is 11.6 Å². The van der Waals surface area contributed by atoms with E-state index in [4.69, 9.17) is 22.1 Å². The van der Waals surface area contributed by atoms with Gasteiger partial charge in [0.15, 0.2) is 0 Å². The molecule has 0 spiro atoms. The molecule has 4 nitrogen and oxygen atoms in total. The Hall–Kier alpha value is -1.95. The second-order valence-electron chi connectivity index (χ2n) is 6.93. The summed E-state index contributed by atoms with van der Waals surface area (Å²) >= 11 is 5.95. The summed E-state index contributed by atoms with van der Waals surface area (Å²) in [5, 5.41) is 10.1. The van der Waals surface area contributed by atoms with Gasteiger partial charge in [-0.25, -0.2) is 4.39 Å². The lowest BCUT2D eigenvalue weighted by molar-refractivity contribution is -0.157. The van der Waals surface area contributed by atoms with E-state index in [0.717, 1.165) is 11.1 Å². The first-order valence-electron chi connectivity index (χ1n) is 8.87. The third-order valence-corrected chi connectivity index (χ3v) is 4.76. The number of halogens is 2.